The Morgan fingerprint density at radius 1 is 1.17 bits per heavy atom. The molecule has 0 heterocycles. The van der Waals surface area contributed by atoms with E-state index >= 15 is 0 Å². The number of carboxylic acid groups (broad SMARTS) is 1. The van der Waals surface area contributed by atoms with Crippen molar-refractivity contribution in [2.45, 2.75) is 51.5 Å². The summed E-state index contributed by atoms with van der Waals surface area (Å²) in [7, 11) is 0. The Morgan fingerprint density at radius 3 is 2.33 bits per heavy atom. The van der Waals surface area contributed by atoms with Crippen LogP contribution in [0, 0.1) is 0 Å². The predicted molar refractivity (Wildman–Crippen MR) is 73.6 cm³/mol. The number of hydrogen-bond acceptors (Lipinski definition) is 2. The van der Waals surface area contributed by atoms with Crippen LogP contribution in [0.2, 0.25) is 0 Å². The van der Waals surface area contributed by atoms with Gasteiger partial charge in [0.25, 0.3) is 0 Å². The maximum atomic E-state index is 10.6. The number of aliphatic carboxylic acids is 1. The van der Waals surface area contributed by atoms with Crippen molar-refractivity contribution in [1.29, 1.82) is 0 Å². The van der Waals surface area contributed by atoms with E-state index < -0.39 is 12.0 Å². The lowest BCUT2D eigenvalue weighted by Crippen LogP contribution is -2.32. The molecule has 3 nitrogen and oxygen atoms in total. The molecule has 0 amide bonds. The zero-order valence-corrected chi connectivity index (χ0v) is 11.1. The standard InChI is InChI=1S/C15H23NO2/c1-2-3-4-5-6-12-7-9-13(10-8-12)11-14(16)15(17)18/h7-10,14H,2-6,11,16H2,1H3,(H,17,18)/t14-/m0/s1. The minimum Gasteiger partial charge on any atom is -0.480 e. The predicted octanol–water partition coefficient (Wildman–Crippen LogP) is 2.76. The number of rotatable bonds is 8. The normalized spacial score (nSPS) is 12.3. The molecule has 1 rings (SSSR count). The van der Waals surface area contributed by atoms with E-state index in [0.29, 0.717) is 6.42 Å². The Morgan fingerprint density at radius 2 is 1.78 bits per heavy atom. The lowest BCUT2D eigenvalue weighted by molar-refractivity contribution is -0.138. The number of carboxylic acids is 1. The average Bonchev–Trinajstić information content (AvgIpc) is 2.36. The minimum absolute atomic E-state index is 0.394. The van der Waals surface area contributed by atoms with E-state index in [-0.39, 0.29) is 0 Å². The number of unbranched alkanes of at least 4 members (excludes halogenated alkanes) is 3. The van der Waals surface area contributed by atoms with Gasteiger partial charge in [0.15, 0.2) is 0 Å². The summed E-state index contributed by atoms with van der Waals surface area (Å²) in [5, 5.41) is 8.74. The molecule has 1 aromatic carbocycles. The Hall–Kier alpha value is -1.35. The molecule has 100 valence electrons. The highest BCUT2D eigenvalue weighted by molar-refractivity contribution is 5.73. The molecule has 18 heavy (non-hydrogen) atoms. The van der Waals surface area contributed by atoms with E-state index in [9.17, 15) is 4.79 Å². The second-order valence-electron chi connectivity index (χ2n) is 4.78. The average molecular weight is 249 g/mol. The number of benzene rings is 1. The molecular weight excluding hydrogens is 226 g/mol. The molecule has 3 heteroatoms. The molecule has 0 aliphatic heterocycles. The van der Waals surface area contributed by atoms with Gasteiger partial charge < -0.3 is 10.8 Å². The Bertz CT molecular complexity index is 359. The fourth-order valence-corrected chi connectivity index (χ4v) is 1.94. The maximum Gasteiger partial charge on any atom is 0.320 e. The summed E-state index contributed by atoms with van der Waals surface area (Å²) >= 11 is 0. The zero-order chi connectivity index (χ0) is 13.4. The molecule has 0 radical (unpaired) electrons. The molecule has 3 N–H and O–H groups in total. The van der Waals surface area contributed by atoms with E-state index in [4.69, 9.17) is 10.8 Å². The highest BCUT2D eigenvalue weighted by Crippen LogP contribution is 2.10. The fourth-order valence-electron chi connectivity index (χ4n) is 1.94. The first-order chi connectivity index (χ1) is 8.63. The van der Waals surface area contributed by atoms with Crippen molar-refractivity contribution < 1.29 is 9.90 Å². The van der Waals surface area contributed by atoms with Gasteiger partial charge in [0, 0.05) is 0 Å². The minimum atomic E-state index is -0.946. The van der Waals surface area contributed by atoms with E-state index in [1.165, 1.54) is 31.2 Å². The van der Waals surface area contributed by atoms with Crippen LogP contribution in [0.25, 0.3) is 0 Å². The van der Waals surface area contributed by atoms with Crippen LogP contribution in [-0.2, 0) is 17.6 Å². The third-order valence-electron chi connectivity index (χ3n) is 3.11. The van der Waals surface area contributed by atoms with Crippen LogP contribution in [0.5, 0.6) is 0 Å². The zero-order valence-electron chi connectivity index (χ0n) is 11.1. The molecular formula is C15H23NO2. The molecule has 0 aromatic heterocycles. The van der Waals surface area contributed by atoms with E-state index in [1.807, 2.05) is 12.1 Å². The van der Waals surface area contributed by atoms with Gasteiger partial charge in [0.05, 0.1) is 0 Å². The molecule has 0 saturated heterocycles. The largest absolute Gasteiger partial charge is 0.480 e. The summed E-state index contributed by atoms with van der Waals surface area (Å²) in [5.74, 6) is -0.946. The molecule has 0 saturated carbocycles. The summed E-state index contributed by atoms with van der Waals surface area (Å²) in [4.78, 5) is 10.6. The van der Waals surface area contributed by atoms with Gasteiger partial charge in [-0.15, -0.1) is 0 Å². The number of carbonyl (C=O) groups is 1. The Labute approximate surface area is 109 Å². The van der Waals surface area contributed by atoms with Gasteiger partial charge >= 0.3 is 5.97 Å². The molecule has 0 fully saturated rings. The first-order valence-corrected chi connectivity index (χ1v) is 6.69. The van der Waals surface area contributed by atoms with Crippen molar-refractivity contribution in [3.63, 3.8) is 0 Å². The van der Waals surface area contributed by atoms with E-state index in [0.717, 1.165) is 12.0 Å². The third-order valence-corrected chi connectivity index (χ3v) is 3.11. The van der Waals surface area contributed by atoms with Crippen molar-refractivity contribution in [3.05, 3.63) is 35.4 Å². The first-order valence-electron chi connectivity index (χ1n) is 6.69. The summed E-state index contributed by atoms with van der Waals surface area (Å²) in [6.45, 7) is 2.21. The van der Waals surface area contributed by atoms with Crippen LogP contribution < -0.4 is 5.73 Å². The smallest absolute Gasteiger partial charge is 0.320 e. The highest BCUT2D eigenvalue weighted by atomic mass is 16.4. The molecule has 1 atom stereocenters. The van der Waals surface area contributed by atoms with Crippen molar-refractivity contribution in [2.24, 2.45) is 5.73 Å². The van der Waals surface area contributed by atoms with E-state index in [1.54, 1.807) is 0 Å². The van der Waals surface area contributed by atoms with Gasteiger partial charge in [-0.25, -0.2) is 0 Å². The topological polar surface area (TPSA) is 63.3 Å². The number of hydrogen-bond donors (Lipinski definition) is 2. The van der Waals surface area contributed by atoms with Gasteiger partial charge in [0.1, 0.15) is 6.04 Å². The van der Waals surface area contributed by atoms with Crippen LogP contribution in [0.1, 0.15) is 43.7 Å². The van der Waals surface area contributed by atoms with Gasteiger partial charge in [-0.1, -0.05) is 50.5 Å². The molecule has 0 aliphatic rings. The maximum absolute atomic E-state index is 10.6. The van der Waals surface area contributed by atoms with Crippen molar-refractivity contribution >= 4 is 5.97 Å². The van der Waals surface area contributed by atoms with Gasteiger partial charge in [0.2, 0.25) is 0 Å². The SMILES string of the molecule is CCCCCCc1ccc(C[C@H](N)C(=O)O)cc1. The molecule has 0 aliphatic carbocycles. The van der Waals surface area contributed by atoms with E-state index in [2.05, 4.69) is 19.1 Å². The summed E-state index contributed by atoms with van der Waals surface area (Å²) in [6, 6.07) is 7.32. The second-order valence-corrected chi connectivity index (χ2v) is 4.78. The molecule has 0 bridgehead atoms. The monoisotopic (exact) mass is 249 g/mol. The van der Waals surface area contributed by atoms with Gasteiger partial charge in [-0.05, 0) is 30.4 Å². The molecule has 0 spiro atoms. The third kappa shape index (κ3) is 5.32. The van der Waals surface area contributed by atoms with Crippen LogP contribution in [0.4, 0.5) is 0 Å². The van der Waals surface area contributed by atoms with Crippen LogP contribution >= 0.6 is 0 Å². The second kappa shape index (κ2) is 7.88. The van der Waals surface area contributed by atoms with Crippen molar-refractivity contribution in [2.75, 3.05) is 0 Å². The first kappa shape index (κ1) is 14.7. The lowest BCUT2D eigenvalue weighted by Gasteiger charge is -2.07. The lowest BCUT2D eigenvalue weighted by atomic mass is 10.0. The van der Waals surface area contributed by atoms with Gasteiger partial charge in [-0.2, -0.15) is 0 Å². The number of aryl methyl sites for hydroxylation is 1. The quantitative estimate of drug-likeness (QED) is 0.696. The van der Waals surface area contributed by atoms with Gasteiger partial charge in [-0.3, -0.25) is 4.79 Å². The molecule has 1 aromatic rings. The summed E-state index contributed by atoms with van der Waals surface area (Å²) < 4.78 is 0. The summed E-state index contributed by atoms with van der Waals surface area (Å²) in [6.07, 6.45) is 6.55. The highest BCUT2D eigenvalue weighted by Gasteiger charge is 2.11. The van der Waals surface area contributed by atoms with Crippen LogP contribution in [0.15, 0.2) is 24.3 Å². The van der Waals surface area contributed by atoms with Crippen molar-refractivity contribution in [3.8, 4) is 0 Å². The van der Waals surface area contributed by atoms with Crippen LogP contribution in [-0.4, -0.2) is 17.1 Å². The van der Waals surface area contributed by atoms with Crippen molar-refractivity contribution in [1.82, 2.24) is 0 Å². The van der Waals surface area contributed by atoms with Crippen LogP contribution in [0.3, 0.4) is 0 Å². The fraction of sp³-hybridized carbons (Fsp3) is 0.533. The Balaban J connectivity index is 2.40. The molecule has 0 unspecified atom stereocenters. The summed E-state index contributed by atoms with van der Waals surface area (Å²) in [5.41, 5.74) is 7.81. The Kier molecular flexibility index (Phi) is 6.44. The number of nitrogens with two attached hydrogens (primary N) is 1.